The van der Waals surface area contributed by atoms with Crippen LogP contribution in [0.2, 0.25) is 0 Å². The molecule has 0 bridgehead atoms. The molecule has 2 rings (SSSR count). The Morgan fingerprint density at radius 2 is 1.72 bits per heavy atom. The van der Waals surface area contributed by atoms with Crippen LogP contribution in [0.1, 0.15) is 30.9 Å². The van der Waals surface area contributed by atoms with E-state index in [0.29, 0.717) is 38.1 Å². The molecule has 0 N–H and O–H groups in total. The van der Waals surface area contributed by atoms with Crippen LogP contribution in [0.25, 0.3) is 0 Å². The van der Waals surface area contributed by atoms with Crippen LogP contribution in [-0.4, -0.2) is 60.9 Å². The number of carbonyl (C=O) groups excluding carboxylic acids is 3. The molecule has 0 spiro atoms. The number of amides is 2. The van der Waals surface area contributed by atoms with Crippen molar-refractivity contribution in [2.75, 3.05) is 33.3 Å². The van der Waals surface area contributed by atoms with E-state index in [-0.39, 0.29) is 36.7 Å². The number of esters is 1. The molecule has 9 heteroatoms. The summed E-state index contributed by atoms with van der Waals surface area (Å²) in [5.41, 5.74) is -0.332. The molecule has 1 aromatic carbocycles. The number of benzene rings is 1. The van der Waals surface area contributed by atoms with Gasteiger partial charge in [-0.15, -0.1) is 0 Å². The van der Waals surface area contributed by atoms with Gasteiger partial charge in [-0.05, 0) is 37.5 Å². The Kier molecular flexibility index (Phi) is 7.64. The number of piperidine rings is 1. The Bertz CT molecular complexity index is 726. The lowest BCUT2D eigenvalue weighted by molar-refractivity contribution is -0.151. The van der Waals surface area contributed by atoms with Crippen LogP contribution in [-0.2, 0) is 31.7 Å². The van der Waals surface area contributed by atoms with Gasteiger partial charge in [-0.1, -0.05) is 12.1 Å². The number of likely N-dealkylation sites (N-methyl/N-ethyl adjacent to an activating group) is 1. The van der Waals surface area contributed by atoms with Gasteiger partial charge in [0.1, 0.15) is 0 Å². The summed E-state index contributed by atoms with van der Waals surface area (Å²) in [6.07, 6.45) is -3.47. The van der Waals surface area contributed by atoms with Crippen LogP contribution >= 0.6 is 0 Å². The normalized spacial score (nSPS) is 15.1. The molecule has 1 fully saturated rings. The third kappa shape index (κ3) is 6.47. The van der Waals surface area contributed by atoms with Gasteiger partial charge in [0, 0.05) is 20.1 Å². The summed E-state index contributed by atoms with van der Waals surface area (Å²) < 4.78 is 42.8. The van der Waals surface area contributed by atoms with E-state index in [9.17, 15) is 27.6 Å². The van der Waals surface area contributed by atoms with E-state index >= 15 is 0 Å². The van der Waals surface area contributed by atoms with Crippen LogP contribution in [0.5, 0.6) is 0 Å². The fraction of sp³-hybridized carbons (Fsp3) is 0.550. The molecule has 2 amide bonds. The Hall–Kier alpha value is -2.58. The molecule has 0 atom stereocenters. The van der Waals surface area contributed by atoms with E-state index in [2.05, 4.69) is 0 Å². The summed E-state index contributed by atoms with van der Waals surface area (Å²) in [5, 5.41) is 0. The first-order valence-corrected chi connectivity index (χ1v) is 9.46. The molecule has 1 aliphatic rings. The molecular weight excluding hydrogens is 389 g/mol. The van der Waals surface area contributed by atoms with Crippen LogP contribution in [0, 0.1) is 5.92 Å². The predicted molar refractivity (Wildman–Crippen MR) is 98.7 cm³/mol. The van der Waals surface area contributed by atoms with Gasteiger partial charge in [-0.2, -0.15) is 13.2 Å². The molecule has 1 aromatic rings. The minimum Gasteiger partial charge on any atom is -0.466 e. The average Bonchev–Trinajstić information content (AvgIpc) is 2.68. The number of alkyl halides is 3. The average molecular weight is 414 g/mol. The molecule has 29 heavy (non-hydrogen) atoms. The van der Waals surface area contributed by atoms with Crippen molar-refractivity contribution in [3.05, 3.63) is 35.4 Å². The van der Waals surface area contributed by atoms with Gasteiger partial charge in [0.2, 0.25) is 11.8 Å². The Labute approximate surface area is 167 Å². The second kappa shape index (κ2) is 9.76. The highest BCUT2D eigenvalue weighted by molar-refractivity contribution is 5.86. The van der Waals surface area contributed by atoms with E-state index in [4.69, 9.17) is 4.74 Å². The summed E-state index contributed by atoms with van der Waals surface area (Å²) in [6, 6.07) is 4.38. The summed E-state index contributed by atoms with van der Waals surface area (Å²) in [5.74, 6) is -1.04. The van der Waals surface area contributed by atoms with Gasteiger partial charge in [-0.3, -0.25) is 14.4 Å². The number of likely N-dealkylation sites (tertiary alicyclic amines) is 1. The third-order valence-electron chi connectivity index (χ3n) is 4.90. The molecule has 0 unspecified atom stereocenters. The van der Waals surface area contributed by atoms with Gasteiger partial charge in [0.25, 0.3) is 0 Å². The summed E-state index contributed by atoms with van der Waals surface area (Å²) in [7, 11) is 1.48. The molecule has 0 aromatic heterocycles. The molecule has 1 heterocycles. The zero-order valence-corrected chi connectivity index (χ0v) is 16.5. The van der Waals surface area contributed by atoms with E-state index in [1.54, 1.807) is 11.8 Å². The Morgan fingerprint density at radius 3 is 2.24 bits per heavy atom. The maximum Gasteiger partial charge on any atom is 0.416 e. The van der Waals surface area contributed by atoms with Crippen molar-refractivity contribution < 1.29 is 32.3 Å². The lowest BCUT2D eigenvalue weighted by Gasteiger charge is -2.32. The lowest BCUT2D eigenvalue weighted by Crippen LogP contribution is -2.45. The van der Waals surface area contributed by atoms with Gasteiger partial charge in [0.05, 0.1) is 31.1 Å². The fourth-order valence-corrected chi connectivity index (χ4v) is 3.14. The number of hydrogen-bond acceptors (Lipinski definition) is 4. The number of nitrogens with zero attached hydrogens (tertiary/aromatic N) is 2. The zero-order valence-electron chi connectivity index (χ0n) is 16.5. The maximum atomic E-state index is 12.6. The molecule has 6 nitrogen and oxygen atoms in total. The van der Waals surface area contributed by atoms with E-state index in [1.165, 1.54) is 24.1 Å². The van der Waals surface area contributed by atoms with Crippen molar-refractivity contribution >= 4 is 17.8 Å². The Morgan fingerprint density at radius 1 is 1.14 bits per heavy atom. The number of halogens is 3. The number of hydrogen-bond donors (Lipinski definition) is 0. The minimum atomic E-state index is -4.42. The number of ether oxygens (including phenoxy) is 1. The quantitative estimate of drug-likeness (QED) is 0.671. The number of rotatable bonds is 6. The molecule has 0 radical (unpaired) electrons. The van der Waals surface area contributed by atoms with Crippen LogP contribution in [0.4, 0.5) is 13.2 Å². The second-order valence-electron chi connectivity index (χ2n) is 7.03. The lowest BCUT2D eigenvalue weighted by atomic mass is 9.97. The topological polar surface area (TPSA) is 66.9 Å². The van der Waals surface area contributed by atoms with Crippen LogP contribution in [0.3, 0.4) is 0 Å². The van der Waals surface area contributed by atoms with E-state index < -0.39 is 11.7 Å². The van der Waals surface area contributed by atoms with E-state index in [0.717, 1.165) is 12.1 Å². The van der Waals surface area contributed by atoms with Crippen molar-refractivity contribution in [3.8, 4) is 0 Å². The predicted octanol–water partition coefficient (Wildman–Crippen LogP) is 2.51. The second-order valence-corrected chi connectivity index (χ2v) is 7.03. The smallest absolute Gasteiger partial charge is 0.416 e. The van der Waals surface area contributed by atoms with E-state index in [1.807, 2.05) is 0 Å². The first-order valence-electron chi connectivity index (χ1n) is 9.46. The summed E-state index contributed by atoms with van der Waals surface area (Å²) >= 11 is 0. The molecule has 1 saturated heterocycles. The Balaban J connectivity index is 1.82. The van der Waals surface area contributed by atoms with Crippen molar-refractivity contribution in [2.45, 2.75) is 32.4 Å². The zero-order chi connectivity index (χ0) is 21.6. The van der Waals surface area contributed by atoms with Crippen molar-refractivity contribution in [1.29, 1.82) is 0 Å². The third-order valence-corrected chi connectivity index (χ3v) is 4.90. The minimum absolute atomic E-state index is 0.0904. The molecule has 160 valence electrons. The SMILES string of the molecule is CCOC(=O)C1CCN(C(=O)CN(C)C(=O)Cc2ccc(C(F)(F)F)cc2)CC1. The number of carbonyl (C=O) groups is 3. The van der Waals surface area contributed by atoms with Crippen molar-refractivity contribution in [2.24, 2.45) is 5.92 Å². The summed E-state index contributed by atoms with van der Waals surface area (Å²) in [6.45, 7) is 2.79. The van der Waals surface area contributed by atoms with Gasteiger partial charge in [0.15, 0.2) is 0 Å². The van der Waals surface area contributed by atoms with Gasteiger partial charge in [-0.25, -0.2) is 0 Å². The van der Waals surface area contributed by atoms with Gasteiger partial charge < -0.3 is 14.5 Å². The van der Waals surface area contributed by atoms with Crippen molar-refractivity contribution in [1.82, 2.24) is 9.80 Å². The summed E-state index contributed by atoms with van der Waals surface area (Å²) in [4.78, 5) is 39.3. The molecule has 1 aliphatic heterocycles. The monoisotopic (exact) mass is 414 g/mol. The highest BCUT2D eigenvalue weighted by atomic mass is 19.4. The first kappa shape index (κ1) is 22.7. The highest BCUT2D eigenvalue weighted by Gasteiger charge is 2.30. The first-order chi connectivity index (χ1) is 13.6. The van der Waals surface area contributed by atoms with Crippen LogP contribution in [0.15, 0.2) is 24.3 Å². The largest absolute Gasteiger partial charge is 0.466 e. The van der Waals surface area contributed by atoms with Crippen molar-refractivity contribution in [3.63, 3.8) is 0 Å². The fourth-order valence-electron chi connectivity index (χ4n) is 3.14. The molecule has 0 saturated carbocycles. The standard InChI is InChI=1S/C20H25F3N2O4/c1-3-29-19(28)15-8-10-25(11-9-15)18(27)13-24(2)17(26)12-14-4-6-16(7-5-14)20(21,22)23/h4-7,15H,3,8-13H2,1-2H3. The molecule has 0 aliphatic carbocycles. The van der Waals surface area contributed by atoms with Crippen LogP contribution < -0.4 is 0 Å². The highest BCUT2D eigenvalue weighted by Crippen LogP contribution is 2.29. The molecular formula is C20H25F3N2O4. The van der Waals surface area contributed by atoms with Gasteiger partial charge >= 0.3 is 12.1 Å². The maximum absolute atomic E-state index is 12.6.